The highest BCUT2D eigenvalue weighted by Gasteiger charge is 2.51. The summed E-state index contributed by atoms with van der Waals surface area (Å²) in [4.78, 5) is 12.4. The van der Waals surface area contributed by atoms with Gasteiger partial charge in [-0.15, -0.1) is 0 Å². The van der Waals surface area contributed by atoms with Gasteiger partial charge in [-0.2, -0.15) is 0 Å². The molecule has 1 atom stereocenters. The summed E-state index contributed by atoms with van der Waals surface area (Å²) in [5.74, 6) is -0.170. The maximum Gasteiger partial charge on any atom is 0.311 e. The Morgan fingerprint density at radius 3 is 1.73 bits per heavy atom. The minimum Gasteiger partial charge on any atom is -0.460 e. The Balaban J connectivity index is 5.30. The first kappa shape index (κ1) is 21.8. The van der Waals surface area contributed by atoms with Crippen molar-refractivity contribution in [2.75, 3.05) is 0 Å². The third kappa shape index (κ3) is 4.91. The summed E-state index contributed by atoms with van der Waals surface area (Å²) in [5.41, 5.74) is 5.97. The second-order valence-corrected chi connectivity index (χ2v) is 19.0. The van der Waals surface area contributed by atoms with Crippen molar-refractivity contribution in [3.8, 4) is 0 Å². The summed E-state index contributed by atoms with van der Waals surface area (Å²) < 4.78 is 12.3. The minimum atomic E-state index is -2.36. The fourth-order valence-corrected chi connectivity index (χ4v) is 5.08. The molecule has 0 saturated heterocycles. The average molecular weight is 348 g/mol. The van der Waals surface area contributed by atoms with Crippen molar-refractivity contribution in [2.45, 2.75) is 91.3 Å². The van der Waals surface area contributed by atoms with Crippen LogP contribution >= 0.6 is 0 Å². The summed E-state index contributed by atoms with van der Waals surface area (Å²) >= 11 is 0. The summed E-state index contributed by atoms with van der Waals surface area (Å²) in [6.45, 7) is 22.4. The Morgan fingerprint density at radius 2 is 1.41 bits per heavy atom. The van der Waals surface area contributed by atoms with E-state index in [0.29, 0.717) is 0 Å². The number of hydrogen-bond acceptors (Lipinski definition) is 4. The van der Waals surface area contributed by atoms with Crippen molar-refractivity contribution in [1.82, 2.24) is 0 Å². The molecular weight excluding hydrogens is 310 g/mol. The van der Waals surface area contributed by atoms with Crippen molar-refractivity contribution < 1.29 is 14.0 Å². The molecule has 4 nitrogen and oxygen atoms in total. The molecule has 0 saturated carbocycles. The van der Waals surface area contributed by atoms with Gasteiger partial charge in [0.05, 0.1) is 18.8 Å². The number of carbonyl (C=O) groups is 1. The van der Waals surface area contributed by atoms with Crippen LogP contribution in [0.4, 0.5) is 0 Å². The highest BCUT2D eigenvalue weighted by Crippen LogP contribution is 2.34. The molecule has 0 radical (unpaired) electrons. The third-order valence-electron chi connectivity index (χ3n) is 5.19. The number of hydrogen-bond donors (Lipinski definition) is 1. The molecule has 0 aliphatic heterocycles. The van der Waals surface area contributed by atoms with E-state index in [9.17, 15) is 4.79 Å². The number of carbonyl (C=O) groups excluding carboxylic acids is 1. The number of nitrogens with two attached hydrogens (primary N) is 1. The first-order chi connectivity index (χ1) is 9.40. The smallest absolute Gasteiger partial charge is 0.311 e. The van der Waals surface area contributed by atoms with E-state index in [0.717, 1.165) is 6.42 Å². The van der Waals surface area contributed by atoms with Crippen LogP contribution in [0.25, 0.3) is 0 Å². The lowest BCUT2D eigenvalue weighted by atomic mass is 9.91. The van der Waals surface area contributed by atoms with Gasteiger partial charge in [-0.1, -0.05) is 26.6 Å². The highest BCUT2D eigenvalue weighted by atomic mass is 28.4. The summed E-state index contributed by atoms with van der Waals surface area (Å²) in [6.07, 6.45) is 0.744. The van der Waals surface area contributed by atoms with Crippen LogP contribution in [0.2, 0.25) is 32.7 Å². The molecule has 0 heterocycles. The van der Waals surface area contributed by atoms with E-state index in [1.165, 1.54) is 0 Å². The largest absolute Gasteiger partial charge is 0.460 e. The van der Waals surface area contributed by atoms with Gasteiger partial charge in [-0.05, 0) is 54.1 Å². The Labute approximate surface area is 139 Å². The topological polar surface area (TPSA) is 61.5 Å². The molecule has 0 aliphatic rings. The zero-order valence-corrected chi connectivity index (χ0v) is 18.5. The van der Waals surface area contributed by atoms with E-state index < -0.39 is 32.4 Å². The van der Waals surface area contributed by atoms with Crippen molar-refractivity contribution in [3.05, 3.63) is 0 Å². The summed E-state index contributed by atoms with van der Waals surface area (Å²) in [7, 11) is -4.07. The predicted octanol–water partition coefficient (Wildman–Crippen LogP) is 4.06. The normalized spacial score (nSPS) is 17.1. The monoisotopic (exact) mass is 347 g/mol. The van der Waals surface area contributed by atoms with Crippen molar-refractivity contribution in [1.29, 1.82) is 0 Å². The third-order valence-corrected chi connectivity index (χ3v) is 12.4. The quantitative estimate of drug-likeness (QED) is 0.428. The van der Waals surface area contributed by atoms with E-state index in [1.807, 2.05) is 41.5 Å². The fourth-order valence-electron chi connectivity index (χ4n) is 1.44. The van der Waals surface area contributed by atoms with Gasteiger partial charge < -0.3 is 14.9 Å². The van der Waals surface area contributed by atoms with E-state index in [4.69, 9.17) is 14.9 Å². The summed E-state index contributed by atoms with van der Waals surface area (Å²) in [6, 6.07) is 0. The van der Waals surface area contributed by atoms with Crippen LogP contribution in [-0.4, -0.2) is 32.9 Å². The van der Waals surface area contributed by atoms with E-state index in [-0.39, 0.29) is 5.97 Å². The fraction of sp³-hybridized carbons (Fsp3) is 0.938. The molecule has 0 aromatic carbocycles. The number of ether oxygens (including phenoxy) is 1. The second kappa shape index (κ2) is 6.38. The van der Waals surface area contributed by atoms with Crippen LogP contribution in [0.3, 0.4) is 0 Å². The Kier molecular flexibility index (Phi) is 6.33. The van der Waals surface area contributed by atoms with Crippen LogP contribution in [-0.2, 0) is 14.0 Å². The van der Waals surface area contributed by atoms with E-state index in [1.54, 1.807) is 0 Å². The van der Waals surface area contributed by atoms with Crippen LogP contribution in [0.5, 0.6) is 0 Å². The number of rotatable bonds is 7. The van der Waals surface area contributed by atoms with Gasteiger partial charge in [0, 0.05) is 0 Å². The average Bonchev–Trinajstić information content (AvgIpc) is 2.24. The molecule has 0 spiro atoms. The SMILES string of the molecule is CCC(C)(C)C(=O)OC(C)(C)[Si](C)(C)OC(C)(N)[Si](C)(C)C. The molecule has 0 bridgehead atoms. The van der Waals surface area contributed by atoms with Gasteiger partial charge in [0.15, 0.2) is 0 Å². The molecular formula is C16H37NO3Si2. The standard InChI is InChI=1S/C16H37NO3Si2/c1-12-14(2,3)13(18)19-15(4,5)22(10,11)20-16(6,17)21(7,8)9/h12,17H2,1-11H3. The maximum absolute atomic E-state index is 12.4. The Bertz CT molecular complexity index is 410. The Morgan fingerprint density at radius 1 is 1.00 bits per heavy atom. The molecule has 22 heavy (non-hydrogen) atoms. The van der Waals surface area contributed by atoms with Crippen LogP contribution in [0.1, 0.15) is 48.0 Å². The lowest BCUT2D eigenvalue weighted by molar-refractivity contribution is -0.163. The van der Waals surface area contributed by atoms with Crippen molar-refractivity contribution in [3.63, 3.8) is 0 Å². The molecule has 0 amide bonds. The van der Waals surface area contributed by atoms with Gasteiger partial charge in [0.25, 0.3) is 0 Å². The molecule has 0 aromatic rings. The zero-order chi connectivity index (χ0) is 18.2. The van der Waals surface area contributed by atoms with Crippen molar-refractivity contribution >= 4 is 22.4 Å². The molecule has 132 valence electrons. The van der Waals surface area contributed by atoms with Crippen LogP contribution in [0.15, 0.2) is 0 Å². The summed E-state index contributed by atoms with van der Waals surface area (Å²) in [5, 5.41) is -1.29. The molecule has 6 heteroatoms. The van der Waals surface area contributed by atoms with Gasteiger partial charge >= 0.3 is 5.97 Å². The Hall–Kier alpha value is -0.176. The predicted molar refractivity (Wildman–Crippen MR) is 98.7 cm³/mol. The number of esters is 1. The lowest BCUT2D eigenvalue weighted by Gasteiger charge is -2.48. The molecule has 1 unspecified atom stereocenters. The lowest BCUT2D eigenvalue weighted by Crippen LogP contribution is -2.68. The maximum atomic E-state index is 12.4. The molecule has 0 aromatic heterocycles. The minimum absolute atomic E-state index is 0.170. The van der Waals surface area contributed by atoms with Crippen LogP contribution < -0.4 is 5.73 Å². The van der Waals surface area contributed by atoms with E-state index >= 15 is 0 Å². The van der Waals surface area contributed by atoms with Gasteiger partial charge in [-0.25, -0.2) is 0 Å². The molecule has 0 aliphatic carbocycles. The van der Waals surface area contributed by atoms with Crippen molar-refractivity contribution in [2.24, 2.45) is 11.1 Å². The second-order valence-electron chi connectivity index (χ2n) is 9.11. The van der Waals surface area contributed by atoms with Gasteiger partial charge in [0.2, 0.25) is 8.32 Å². The molecule has 2 N–H and O–H groups in total. The van der Waals surface area contributed by atoms with Gasteiger partial charge in [0.1, 0.15) is 5.22 Å². The van der Waals surface area contributed by atoms with Crippen LogP contribution in [0, 0.1) is 5.41 Å². The molecule has 0 fully saturated rings. The first-order valence-corrected chi connectivity index (χ1v) is 14.5. The highest BCUT2D eigenvalue weighted by molar-refractivity contribution is 6.81. The zero-order valence-electron chi connectivity index (χ0n) is 16.5. The van der Waals surface area contributed by atoms with E-state index in [2.05, 4.69) is 32.7 Å². The molecule has 0 rings (SSSR count). The van der Waals surface area contributed by atoms with Gasteiger partial charge in [-0.3, -0.25) is 4.79 Å². The first-order valence-electron chi connectivity index (χ1n) is 8.12.